The number of rotatable bonds is 19. The molecule has 0 aliphatic heterocycles. The fraction of sp³-hybridized carbons (Fsp3) is 0.826. The summed E-state index contributed by atoms with van der Waals surface area (Å²) in [5, 5.41) is 0. The van der Waals surface area contributed by atoms with Crippen LogP contribution in [0.15, 0.2) is 0 Å². The van der Waals surface area contributed by atoms with Crippen molar-refractivity contribution in [1.82, 2.24) is 0 Å². The number of carbonyl (C=O) groups is 4. The highest BCUT2D eigenvalue weighted by molar-refractivity contribution is 5.83. The lowest BCUT2D eigenvalue weighted by Gasteiger charge is -2.29. The summed E-state index contributed by atoms with van der Waals surface area (Å²) in [5.74, 6) is -1.47. The Bertz CT molecular complexity index is 568. The minimum absolute atomic E-state index is 0.0308. The molecular formula is C23H42N2O8. The second kappa shape index (κ2) is 16.6. The van der Waals surface area contributed by atoms with Gasteiger partial charge in [0.25, 0.3) is 0 Å². The van der Waals surface area contributed by atoms with Crippen LogP contribution >= 0.6 is 0 Å². The molecule has 0 unspecified atom stereocenters. The molecule has 0 aromatic carbocycles. The third-order valence-corrected chi connectivity index (χ3v) is 4.57. The Labute approximate surface area is 197 Å². The summed E-state index contributed by atoms with van der Waals surface area (Å²) in [6.45, 7) is 8.73. The highest BCUT2D eigenvalue weighted by Gasteiger charge is 2.27. The van der Waals surface area contributed by atoms with Crippen molar-refractivity contribution in [3.05, 3.63) is 0 Å². The number of nitrogens with two attached hydrogens (primary N) is 2. The molecule has 0 spiro atoms. The van der Waals surface area contributed by atoms with Gasteiger partial charge >= 0.3 is 17.9 Å². The number of hydrogen-bond donors (Lipinski definition) is 2. The van der Waals surface area contributed by atoms with Crippen LogP contribution < -0.4 is 11.5 Å². The molecule has 0 saturated carbocycles. The van der Waals surface area contributed by atoms with Crippen LogP contribution in [-0.2, 0) is 38.1 Å². The molecular weight excluding hydrogens is 432 g/mol. The smallest absolute Gasteiger partial charge is 0.306 e. The van der Waals surface area contributed by atoms with Crippen molar-refractivity contribution in [1.29, 1.82) is 0 Å². The zero-order chi connectivity index (χ0) is 25.3. The maximum atomic E-state index is 12.2. The zero-order valence-electron chi connectivity index (χ0n) is 20.6. The van der Waals surface area contributed by atoms with Crippen molar-refractivity contribution in [2.75, 3.05) is 32.9 Å². The summed E-state index contributed by atoms with van der Waals surface area (Å²) in [6, 6.07) is 0. The van der Waals surface area contributed by atoms with Gasteiger partial charge in [-0.1, -0.05) is 0 Å². The number of Topliss-reactive ketones (excluding diaryl/α,β-unsaturated/α-hetero) is 1. The lowest BCUT2D eigenvalue weighted by Crippen LogP contribution is -2.34. The molecule has 33 heavy (non-hydrogen) atoms. The first-order valence-electron chi connectivity index (χ1n) is 11.5. The van der Waals surface area contributed by atoms with Gasteiger partial charge in [-0.3, -0.25) is 19.2 Å². The maximum absolute atomic E-state index is 12.2. The fourth-order valence-corrected chi connectivity index (χ4v) is 2.73. The normalized spacial score (nSPS) is 11.7. The van der Waals surface area contributed by atoms with E-state index < -0.39 is 29.1 Å². The third-order valence-electron chi connectivity index (χ3n) is 4.57. The highest BCUT2D eigenvalue weighted by Crippen LogP contribution is 2.21. The van der Waals surface area contributed by atoms with Gasteiger partial charge in [-0.05, 0) is 53.6 Å². The van der Waals surface area contributed by atoms with Crippen LogP contribution in [0.4, 0.5) is 0 Å². The van der Waals surface area contributed by atoms with Crippen LogP contribution in [0, 0.1) is 0 Å². The Morgan fingerprint density at radius 1 is 0.667 bits per heavy atom. The molecule has 0 saturated heterocycles. The summed E-state index contributed by atoms with van der Waals surface area (Å²) >= 11 is 0. The quantitative estimate of drug-likeness (QED) is 0.161. The van der Waals surface area contributed by atoms with E-state index in [0.717, 1.165) is 0 Å². The average molecular weight is 475 g/mol. The van der Waals surface area contributed by atoms with E-state index in [1.165, 1.54) is 0 Å². The molecule has 0 aliphatic rings. The van der Waals surface area contributed by atoms with E-state index >= 15 is 0 Å². The largest absolute Gasteiger partial charge is 0.466 e. The van der Waals surface area contributed by atoms with E-state index in [0.29, 0.717) is 32.4 Å². The van der Waals surface area contributed by atoms with Crippen LogP contribution in [0.5, 0.6) is 0 Å². The molecule has 0 atom stereocenters. The second-order valence-electron chi connectivity index (χ2n) is 9.03. The Morgan fingerprint density at radius 2 is 1.15 bits per heavy atom. The first-order valence-corrected chi connectivity index (χ1v) is 11.5. The van der Waals surface area contributed by atoms with Crippen LogP contribution in [0.1, 0.15) is 79.1 Å². The van der Waals surface area contributed by atoms with Crippen molar-refractivity contribution in [3.63, 3.8) is 0 Å². The predicted octanol–water partition coefficient (Wildman–Crippen LogP) is 1.80. The van der Waals surface area contributed by atoms with Crippen molar-refractivity contribution in [2.24, 2.45) is 11.5 Å². The van der Waals surface area contributed by atoms with Crippen molar-refractivity contribution >= 4 is 23.7 Å². The van der Waals surface area contributed by atoms with E-state index in [2.05, 4.69) is 0 Å². The standard InChI is InChI=1S/C23H42N2O8/c1-22(2,33-21(29)10-9-20(28)31-15-6-13-25)11-16-32-23(3,4)17-18(26)7-8-19(27)30-14-5-12-24/h5-17,24-25H2,1-4H3. The predicted molar refractivity (Wildman–Crippen MR) is 122 cm³/mol. The molecule has 0 heterocycles. The van der Waals surface area contributed by atoms with Crippen LogP contribution in [0.3, 0.4) is 0 Å². The van der Waals surface area contributed by atoms with E-state index in [4.69, 9.17) is 30.4 Å². The summed E-state index contributed by atoms with van der Waals surface area (Å²) < 4.78 is 21.2. The summed E-state index contributed by atoms with van der Waals surface area (Å²) in [7, 11) is 0. The lowest BCUT2D eigenvalue weighted by atomic mass is 9.98. The van der Waals surface area contributed by atoms with Gasteiger partial charge in [-0.15, -0.1) is 0 Å². The minimum atomic E-state index is -0.798. The molecule has 0 aromatic rings. The fourth-order valence-electron chi connectivity index (χ4n) is 2.73. The Kier molecular flexibility index (Phi) is 15.5. The monoisotopic (exact) mass is 474 g/mol. The molecule has 0 bridgehead atoms. The van der Waals surface area contributed by atoms with Crippen molar-refractivity contribution < 1.29 is 38.1 Å². The number of esters is 3. The zero-order valence-corrected chi connectivity index (χ0v) is 20.6. The van der Waals surface area contributed by atoms with E-state index in [1.54, 1.807) is 27.7 Å². The number of ketones is 1. The number of hydrogen-bond acceptors (Lipinski definition) is 10. The van der Waals surface area contributed by atoms with Gasteiger partial charge in [0, 0.05) is 19.3 Å². The molecule has 0 aliphatic carbocycles. The average Bonchev–Trinajstić information content (AvgIpc) is 2.70. The minimum Gasteiger partial charge on any atom is -0.466 e. The summed E-state index contributed by atoms with van der Waals surface area (Å²) in [4.78, 5) is 47.4. The first-order chi connectivity index (χ1) is 15.4. The van der Waals surface area contributed by atoms with E-state index in [9.17, 15) is 19.2 Å². The molecule has 10 heteroatoms. The van der Waals surface area contributed by atoms with Crippen LogP contribution in [0.25, 0.3) is 0 Å². The Hall–Kier alpha value is -2.04. The Balaban J connectivity index is 4.20. The van der Waals surface area contributed by atoms with Gasteiger partial charge in [-0.25, -0.2) is 0 Å². The molecule has 4 N–H and O–H groups in total. The van der Waals surface area contributed by atoms with Gasteiger partial charge in [-0.2, -0.15) is 0 Å². The van der Waals surface area contributed by atoms with Crippen LogP contribution in [-0.4, -0.2) is 67.8 Å². The van der Waals surface area contributed by atoms with Gasteiger partial charge in [0.15, 0.2) is 0 Å². The SMILES string of the molecule is CC(C)(CC(=O)CCC(=O)OCCCN)OCCC(C)(C)OC(=O)CCC(=O)OCCCN. The molecule has 10 nitrogen and oxygen atoms in total. The first kappa shape index (κ1) is 31.0. The molecule has 0 rings (SSSR count). The Morgan fingerprint density at radius 3 is 1.67 bits per heavy atom. The van der Waals surface area contributed by atoms with Gasteiger partial charge < -0.3 is 30.4 Å². The molecule has 0 radical (unpaired) electrons. The van der Waals surface area contributed by atoms with Gasteiger partial charge in [0.1, 0.15) is 11.4 Å². The van der Waals surface area contributed by atoms with Crippen LogP contribution in [0.2, 0.25) is 0 Å². The van der Waals surface area contributed by atoms with E-state index in [-0.39, 0.29) is 57.7 Å². The number of carbonyl (C=O) groups excluding carboxylic acids is 4. The second-order valence-corrected chi connectivity index (χ2v) is 9.03. The summed E-state index contributed by atoms with van der Waals surface area (Å²) in [5.41, 5.74) is 9.14. The van der Waals surface area contributed by atoms with Gasteiger partial charge in [0.05, 0.1) is 44.7 Å². The van der Waals surface area contributed by atoms with Crippen molar-refractivity contribution in [2.45, 2.75) is 90.3 Å². The maximum Gasteiger partial charge on any atom is 0.306 e. The van der Waals surface area contributed by atoms with Gasteiger partial charge in [0.2, 0.25) is 0 Å². The molecule has 0 aromatic heterocycles. The van der Waals surface area contributed by atoms with Crippen molar-refractivity contribution in [3.8, 4) is 0 Å². The molecule has 0 fully saturated rings. The highest BCUT2D eigenvalue weighted by atomic mass is 16.6. The third kappa shape index (κ3) is 18.1. The lowest BCUT2D eigenvalue weighted by molar-refractivity contribution is -0.162. The molecule has 192 valence electrons. The number of ether oxygens (including phenoxy) is 4. The molecule has 0 amide bonds. The van der Waals surface area contributed by atoms with E-state index in [1.807, 2.05) is 0 Å². The summed E-state index contributed by atoms with van der Waals surface area (Å²) in [6.07, 6.45) is 1.72. The topological polar surface area (TPSA) is 157 Å².